The van der Waals surface area contributed by atoms with Crippen LogP contribution < -0.4 is 0 Å². The molecule has 0 aromatic carbocycles. The molecule has 2 aliphatic rings. The van der Waals surface area contributed by atoms with Gasteiger partial charge in [0.1, 0.15) is 0 Å². The second-order valence-electron chi connectivity index (χ2n) is 8.80. The summed E-state index contributed by atoms with van der Waals surface area (Å²) in [6, 6.07) is 0.691. The highest BCUT2D eigenvalue weighted by atomic mass is 16.3. The number of amides is 1. The third kappa shape index (κ3) is 3.54. The predicted molar refractivity (Wildman–Crippen MR) is 102 cm³/mol. The molecule has 1 aliphatic carbocycles. The van der Waals surface area contributed by atoms with Crippen molar-refractivity contribution in [2.45, 2.75) is 76.6 Å². The van der Waals surface area contributed by atoms with Crippen LogP contribution in [-0.2, 0) is 11.3 Å². The zero-order valence-electron chi connectivity index (χ0n) is 16.7. The van der Waals surface area contributed by atoms with Crippen LogP contribution in [0.3, 0.4) is 0 Å². The van der Waals surface area contributed by atoms with E-state index >= 15 is 0 Å². The van der Waals surface area contributed by atoms with Gasteiger partial charge >= 0.3 is 0 Å². The second-order valence-corrected chi connectivity index (χ2v) is 8.80. The molecule has 0 bridgehead atoms. The van der Waals surface area contributed by atoms with Crippen LogP contribution in [0.4, 0.5) is 0 Å². The molecule has 0 spiro atoms. The molecular formula is C20H34N4O2. The fourth-order valence-electron chi connectivity index (χ4n) is 5.11. The standard InChI is InChI=1S/C20H34N4O2/c1-19-13-16(23(4)17(19)7-5-6-9-20(19,2)26)14-22(3)18(25)8-11-24-12-10-21-15-24/h10,12,15-17,26H,5-9,11,13-14H2,1-4H3/t16-,17-,19-,20+/m1/s1. The van der Waals surface area contributed by atoms with Crippen LogP contribution in [0.2, 0.25) is 0 Å². The molecule has 1 aromatic heterocycles. The zero-order valence-corrected chi connectivity index (χ0v) is 16.7. The zero-order chi connectivity index (χ0) is 18.9. The van der Waals surface area contributed by atoms with E-state index < -0.39 is 5.60 Å². The maximum absolute atomic E-state index is 12.5. The van der Waals surface area contributed by atoms with Gasteiger partial charge in [-0.1, -0.05) is 19.8 Å². The SMILES string of the molecule is CN(C[C@H]1C[C@]2(C)[C@@H](CCCC[C@]2(C)O)N1C)C(=O)CCn1ccnc1. The first-order chi connectivity index (χ1) is 12.2. The Balaban J connectivity index is 1.62. The Bertz CT molecular complexity index is 615. The summed E-state index contributed by atoms with van der Waals surface area (Å²) in [5.41, 5.74) is -0.745. The third-order valence-electron chi connectivity index (χ3n) is 7.14. The lowest BCUT2D eigenvalue weighted by Crippen LogP contribution is -2.50. The summed E-state index contributed by atoms with van der Waals surface area (Å²) in [7, 11) is 4.07. The number of aromatic nitrogens is 2. The average Bonchev–Trinajstić information content (AvgIpc) is 3.15. The van der Waals surface area contributed by atoms with Gasteiger partial charge in [0.05, 0.1) is 11.9 Å². The molecule has 6 nitrogen and oxygen atoms in total. The molecule has 0 unspecified atom stereocenters. The second kappa shape index (κ2) is 7.31. The average molecular weight is 363 g/mol. The van der Waals surface area contributed by atoms with E-state index in [1.54, 1.807) is 12.5 Å². The van der Waals surface area contributed by atoms with Gasteiger partial charge in [0.15, 0.2) is 0 Å². The number of imidazole rings is 1. The molecular weight excluding hydrogens is 328 g/mol. The molecule has 2 fully saturated rings. The van der Waals surface area contributed by atoms with Crippen molar-refractivity contribution in [3.63, 3.8) is 0 Å². The number of rotatable bonds is 5. The molecule has 1 saturated heterocycles. The normalized spacial score (nSPS) is 35.1. The first-order valence-corrected chi connectivity index (χ1v) is 9.88. The summed E-state index contributed by atoms with van der Waals surface area (Å²) in [4.78, 5) is 20.8. The van der Waals surface area contributed by atoms with Gasteiger partial charge in [0.2, 0.25) is 5.91 Å². The maximum Gasteiger partial charge on any atom is 0.224 e. The molecule has 4 atom stereocenters. The molecule has 1 saturated carbocycles. The highest BCUT2D eigenvalue weighted by Gasteiger charge is 2.57. The van der Waals surface area contributed by atoms with Crippen molar-refractivity contribution < 1.29 is 9.90 Å². The van der Waals surface area contributed by atoms with Crippen molar-refractivity contribution in [3.8, 4) is 0 Å². The van der Waals surface area contributed by atoms with Gasteiger partial charge in [-0.25, -0.2) is 4.98 Å². The molecule has 1 aromatic rings. The number of fused-ring (bicyclic) bond motifs is 1. The maximum atomic E-state index is 12.5. The van der Waals surface area contributed by atoms with Crippen molar-refractivity contribution >= 4 is 5.91 Å². The minimum atomic E-state index is -0.638. The lowest BCUT2D eigenvalue weighted by molar-refractivity contribution is -0.130. The Morgan fingerprint density at radius 1 is 1.38 bits per heavy atom. The van der Waals surface area contributed by atoms with Crippen molar-refractivity contribution in [3.05, 3.63) is 18.7 Å². The van der Waals surface area contributed by atoms with Gasteiger partial charge in [-0.2, -0.15) is 0 Å². The highest BCUT2D eigenvalue weighted by Crippen LogP contribution is 2.52. The molecule has 146 valence electrons. The van der Waals surface area contributed by atoms with Crippen LogP contribution in [0.1, 0.15) is 52.4 Å². The van der Waals surface area contributed by atoms with E-state index in [-0.39, 0.29) is 11.3 Å². The summed E-state index contributed by atoms with van der Waals surface area (Å²) < 4.78 is 1.93. The van der Waals surface area contributed by atoms with Gasteiger partial charge in [0, 0.05) is 56.5 Å². The van der Waals surface area contributed by atoms with E-state index in [1.807, 2.05) is 29.6 Å². The Labute approximate surface area is 157 Å². The van der Waals surface area contributed by atoms with Crippen LogP contribution in [0.15, 0.2) is 18.7 Å². The number of carbonyl (C=O) groups is 1. The van der Waals surface area contributed by atoms with Crippen LogP contribution >= 0.6 is 0 Å². The summed E-state index contributed by atoms with van der Waals surface area (Å²) >= 11 is 0. The summed E-state index contributed by atoms with van der Waals surface area (Å²) in [5, 5.41) is 11.1. The minimum Gasteiger partial charge on any atom is -0.390 e. The van der Waals surface area contributed by atoms with Crippen LogP contribution in [0.5, 0.6) is 0 Å². The summed E-state index contributed by atoms with van der Waals surface area (Å²) in [5.74, 6) is 0.163. The first-order valence-electron chi connectivity index (χ1n) is 9.88. The highest BCUT2D eigenvalue weighted by molar-refractivity contribution is 5.75. The number of aliphatic hydroxyl groups is 1. The van der Waals surface area contributed by atoms with Crippen molar-refractivity contribution in [1.29, 1.82) is 0 Å². The molecule has 6 heteroatoms. The Morgan fingerprint density at radius 2 is 2.15 bits per heavy atom. The summed E-state index contributed by atoms with van der Waals surface area (Å²) in [6.07, 6.45) is 11.1. The van der Waals surface area contributed by atoms with E-state index in [0.717, 1.165) is 32.2 Å². The third-order valence-corrected chi connectivity index (χ3v) is 7.14. The van der Waals surface area contributed by atoms with Crippen molar-refractivity contribution in [2.24, 2.45) is 5.41 Å². The Kier molecular flexibility index (Phi) is 5.45. The van der Waals surface area contributed by atoms with E-state index in [9.17, 15) is 9.90 Å². The van der Waals surface area contributed by atoms with Crippen LogP contribution in [0.25, 0.3) is 0 Å². The van der Waals surface area contributed by atoms with Gasteiger partial charge in [-0.15, -0.1) is 0 Å². The number of nitrogens with zero attached hydrogens (tertiary/aromatic N) is 4. The van der Waals surface area contributed by atoms with Crippen molar-refractivity contribution in [2.75, 3.05) is 20.6 Å². The Morgan fingerprint density at radius 3 is 2.85 bits per heavy atom. The summed E-state index contributed by atoms with van der Waals surface area (Å²) in [6.45, 7) is 5.65. The molecule has 0 radical (unpaired) electrons. The van der Waals surface area contributed by atoms with E-state index in [2.05, 4.69) is 23.9 Å². The number of carbonyl (C=O) groups excluding carboxylic acids is 1. The van der Waals surface area contributed by atoms with Crippen LogP contribution in [-0.4, -0.2) is 68.7 Å². The number of hydrogen-bond acceptors (Lipinski definition) is 4. The van der Waals surface area contributed by atoms with Gasteiger partial charge < -0.3 is 14.6 Å². The van der Waals surface area contributed by atoms with Gasteiger partial charge in [0.25, 0.3) is 0 Å². The van der Waals surface area contributed by atoms with Crippen LogP contribution in [0, 0.1) is 5.41 Å². The smallest absolute Gasteiger partial charge is 0.224 e. The lowest BCUT2D eigenvalue weighted by Gasteiger charge is -2.43. The van der Waals surface area contributed by atoms with Gasteiger partial charge in [-0.05, 0) is 33.2 Å². The van der Waals surface area contributed by atoms with E-state index in [0.29, 0.717) is 25.0 Å². The minimum absolute atomic E-state index is 0.108. The molecule has 1 amide bonds. The molecule has 2 heterocycles. The molecule has 26 heavy (non-hydrogen) atoms. The lowest BCUT2D eigenvalue weighted by atomic mass is 9.67. The van der Waals surface area contributed by atoms with E-state index in [1.165, 1.54) is 6.42 Å². The first kappa shape index (κ1) is 19.4. The number of hydrogen-bond donors (Lipinski definition) is 1. The Hall–Kier alpha value is -1.40. The quantitative estimate of drug-likeness (QED) is 0.872. The van der Waals surface area contributed by atoms with Crippen molar-refractivity contribution in [1.82, 2.24) is 19.4 Å². The largest absolute Gasteiger partial charge is 0.390 e. The monoisotopic (exact) mass is 362 g/mol. The van der Waals surface area contributed by atoms with E-state index in [4.69, 9.17) is 0 Å². The fraction of sp³-hybridized carbons (Fsp3) is 0.800. The molecule has 3 rings (SSSR count). The number of likely N-dealkylation sites (tertiary alicyclic amines) is 1. The number of likely N-dealkylation sites (N-methyl/N-ethyl adjacent to an activating group) is 2. The topological polar surface area (TPSA) is 61.6 Å². The van der Waals surface area contributed by atoms with Gasteiger partial charge in [-0.3, -0.25) is 9.69 Å². The molecule has 1 aliphatic heterocycles. The number of aryl methyl sites for hydroxylation is 1. The fourth-order valence-corrected chi connectivity index (χ4v) is 5.11. The predicted octanol–water partition coefficient (Wildman–Crippen LogP) is 2.14. The molecule has 1 N–H and O–H groups in total.